The van der Waals surface area contributed by atoms with E-state index in [2.05, 4.69) is 31.3 Å². The average Bonchev–Trinajstić information content (AvgIpc) is 3.10. The Kier molecular flexibility index (Phi) is 3.62. The van der Waals surface area contributed by atoms with Crippen molar-refractivity contribution in [3.63, 3.8) is 0 Å². The maximum Gasteiger partial charge on any atom is 0.257 e. The van der Waals surface area contributed by atoms with Crippen LogP contribution in [0.4, 0.5) is 5.82 Å². The van der Waals surface area contributed by atoms with Crippen molar-refractivity contribution in [2.24, 2.45) is 0 Å². The van der Waals surface area contributed by atoms with E-state index in [-0.39, 0.29) is 5.91 Å². The van der Waals surface area contributed by atoms with Gasteiger partial charge in [-0.2, -0.15) is 21.1 Å². The van der Waals surface area contributed by atoms with Gasteiger partial charge in [-0.05, 0) is 39.5 Å². The van der Waals surface area contributed by atoms with Crippen LogP contribution < -0.4 is 5.32 Å². The summed E-state index contributed by atoms with van der Waals surface area (Å²) in [5.74, 6) is 1.06. The number of hydrogen-bond acceptors (Lipinski definition) is 4. The summed E-state index contributed by atoms with van der Waals surface area (Å²) in [7, 11) is 0. The Balaban J connectivity index is 1.87. The van der Waals surface area contributed by atoms with E-state index in [4.69, 9.17) is 0 Å². The highest BCUT2D eigenvalue weighted by atomic mass is 79.9. The molecule has 0 aliphatic carbocycles. The Hall–Kier alpha value is -1.99. The quantitative estimate of drug-likeness (QED) is 0.789. The molecule has 0 saturated heterocycles. The minimum Gasteiger partial charge on any atom is -0.306 e. The van der Waals surface area contributed by atoms with Crippen molar-refractivity contribution in [1.82, 2.24) is 14.8 Å². The van der Waals surface area contributed by atoms with Crippen molar-refractivity contribution in [1.29, 1.82) is 0 Å². The van der Waals surface area contributed by atoms with Crippen molar-refractivity contribution in [3.05, 3.63) is 57.5 Å². The van der Waals surface area contributed by atoms with Gasteiger partial charge in [-0.1, -0.05) is 0 Å². The van der Waals surface area contributed by atoms with E-state index in [9.17, 15) is 4.79 Å². The van der Waals surface area contributed by atoms with E-state index in [1.54, 1.807) is 34.6 Å². The van der Waals surface area contributed by atoms with Gasteiger partial charge in [-0.3, -0.25) is 4.79 Å². The molecule has 0 saturated carbocycles. The van der Waals surface area contributed by atoms with Crippen molar-refractivity contribution in [3.8, 4) is 5.82 Å². The molecule has 1 N–H and O–H groups in total. The van der Waals surface area contributed by atoms with Crippen LogP contribution in [0.25, 0.3) is 5.82 Å². The largest absolute Gasteiger partial charge is 0.306 e. The zero-order valence-corrected chi connectivity index (χ0v) is 12.6. The number of nitrogens with zero attached hydrogens (tertiary/aromatic N) is 3. The predicted molar refractivity (Wildman–Crippen MR) is 81.3 cm³/mol. The number of pyridine rings is 1. The minimum absolute atomic E-state index is 0.162. The number of nitrogens with one attached hydrogen (secondary N) is 1. The molecule has 0 spiro atoms. The molecule has 100 valence electrons. The molecule has 0 atom stereocenters. The fraction of sp³-hybridized carbons (Fsp3) is 0. The fourth-order valence-electron chi connectivity index (χ4n) is 1.66. The lowest BCUT2D eigenvalue weighted by Gasteiger charge is -2.07. The van der Waals surface area contributed by atoms with Gasteiger partial charge in [0.15, 0.2) is 5.82 Å². The van der Waals surface area contributed by atoms with Gasteiger partial charge >= 0.3 is 0 Å². The first-order valence-electron chi connectivity index (χ1n) is 5.73. The number of hydrogen-bond donors (Lipinski definition) is 1. The summed E-state index contributed by atoms with van der Waals surface area (Å²) in [5, 5.41) is 10.7. The molecule has 5 nitrogen and oxygen atoms in total. The predicted octanol–water partition coefficient (Wildman–Crippen LogP) is 3.34. The summed E-state index contributed by atoms with van der Waals surface area (Å²) in [5.41, 5.74) is 0.631. The third-order valence-corrected chi connectivity index (χ3v) is 3.75. The molecule has 0 unspecified atom stereocenters. The van der Waals surface area contributed by atoms with Crippen LogP contribution in [0.1, 0.15) is 10.4 Å². The molecular weight excluding hydrogens is 340 g/mol. The van der Waals surface area contributed by atoms with E-state index in [1.807, 2.05) is 17.5 Å². The second-order valence-corrected chi connectivity index (χ2v) is 5.62. The Morgan fingerprint density at radius 2 is 2.20 bits per heavy atom. The Bertz CT molecular complexity index is 721. The molecule has 3 aromatic heterocycles. The van der Waals surface area contributed by atoms with Gasteiger partial charge in [0, 0.05) is 22.1 Å². The van der Waals surface area contributed by atoms with Crippen LogP contribution in [0.5, 0.6) is 0 Å². The molecule has 1 amide bonds. The SMILES string of the molecule is O=C(Nc1ccnn1-c1ccc(Br)cn1)c1ccsc1. The van der Waals surface area contributed by atoms with Gasteiger partial charge in [0.05, 0.1) is 11.8 Å². The maximum absolute atomic E-state index is 12.0. The lowest BCUT2D eigenvalue weighted by Crippen LogP contribution is -2.14. The lowest BCUT2D eigenvalue weighted by molar-refractivity contribution is 0.102. The molecular formula is C13H9BrN4OS. The molecule has 0 fully saturated rings. The van der Waals surface area contributed by atoms with Gasteiger partial charge < -0.3 is 5.32 Å². The maximum atomic E-state index is 12.0. The van der Waals surface area contributed by atoms with Crippen LogP contribution in [0.3, 0.4) is 0 Å². The highest BCUT2D eigenvalue weighted by molar-refractivity contribution is 9.10. The van der Waals surface area contributed by atoms with Crippen molar-refractivity contribution >= 4 is 39.0 Å². The molecule has 0 radical (unpaired) electrons. The Labute approximate surface area is 127 Å². The molecule has 0 bridgehead atoms. The zero-order valence-electron chi connectivity index (χ0n) is 10.2. The summed E-state index contributed by atoms with van der Waals surface area (Å²) in [6, 6.07) is 7.19. The fourth-order valence-corrected chi connectivity index (χ4v) is 2.53. The van der Waals surface area contributed by atoms with Gasteiger partial charge in [0.1, 0.15) is 5.82 Å². The number of anilines is 1. The Morgan fingerprint density at radius 1 is 1.30 bits per heavy atom. The summed E-state index contributed by atoms with van der Waals surface area (Å²) < 4.78 is 2.47. The van der Waals surface area contributed by atoms with Crippen LogP contribution in [-0.4, -0.2) is 20.7 Å². The molecule has 0 aliphatic rings. The Morgan fingerprint density at radius 3 is 2.90 bits per heavy atom. The summed E-state index contributed by atoms with van der Waals surface area (Å²) in [6.45, 7) is 0. The first kappa shape index (κ1) is 13.0. The monoisotopic (exact) mass is 348 g/mol. The third kappa shape index (κ3) is 2.63. The van der Waals surface area contributed by atoms with Crippen LogP contribution in [0.2, 0.25) is 0 Å². The molecule has 0 aromatic carbocycles. The second-order valence-electron chi connectivity index (χ2n) is 3.93. The van der Waals surface area contributed by atoms with Gasteiger partial charge in [-0.25, -0.2) is 4.98 Å². The molecule has 3 heterocycles. The normalized spacial score (nSPS) is 10.4. The van der Waals surface area contributed by atoms with Crippen LogP contribution in [0, 0.1) is 0 Å². The first-order valence-corrected chi connectivity index (χ1v) is 7.47. The van der Waals surface area contributed by atoms with Crippen LogP contribution in [-0.2, 0) is 0 Å². The zero-order chi connectivity index (χ0) is 13.9. The molecule has 3 aromatic rings. The second kappa shape index (κ2) is 5.56. The highest BCUT2D eigenvalue weighted by Crippen LogP contribution is 2.16. The van der Waals surface area contributed by atoms with E-state index < -0.39 is 0 Å². The average molecular weight is 349 g/mol. The summed E-state index contributed by atoms with van der Waals surface area (Å²) >= 11 is 4.81. The number of carbonyl (C=O) groups excluding carboxylic acids is 1. The van der Waals surface area contributed by atoms with Gasteiger partial charge in [-0.15, -0.1) is 0 Å². The molecule has 3 rings (SSSR count). The van der Waals surface area contributed by atoms with Gasteiger partial charge in [0.2, 0.25) is 0 Å². The number of amides is 1. The van der Waals surface area contributed by atoms with E-state index >= 15 is 0 Å². The summed E-state index contributed by atoms with van der Waals surface area (Å²) in [6.07, 6.45) is 3.30. The number of halogens is 1. The summed E-state index contributed by atoms with van der Waals surface area (Å²) in [4.78, 5) is 16.3. The lowest BCUT2D eigenvalue weighted by atomic mass is 10.3. The van der Waals surface area contributed by atoms with E-state index in [1.165, 1.54) is 11.3 Å². The van der Waals surface area contributed by atoms with Crippen molar-refractivity contribution < 1.29 is 4.79 Å². The van der Waals surface area contributed by atoms with Crippen LogP contribution in [0.15, 0.2) is 51.9 Å². The number of carbonyl (C=O) groups is 1. The van der Waals surface area contributed by atoms with E-state index in [0.29, 0.717) is 17.2 Å². The number of aromatic nitrogens is 3. The minimum atomic E-state index is -0.162. The van der Waals surface area contributed by atoms with Crippen molar-refractivity contribution in [2.45, 2.75) is 0 Å². The van der Waals surface area contributed by atoms with Crippen LogP contribution >= 0.6 is 27.3 Å². The number of thiophene rings is 1. The first-order chi connectivity index (χ1) is 9.74. The number of rotatable bonds is 3. The standard InChI is InChI=1S/C13H9BrN4OS/c14-10-1-2-11(15-7-10)18-12(3-5-16-18)17-13(19)9-4-6-20-8-9/h1-8H,(H,17,19). The third-order valence-electron chi connectivity index (χ3n) is 2.60. The molecule has 7 heteroatoms. The topological polar surface area (TPSA) is 59.8 Å². The smallest absolute Gasteiger partial charge is 0.257 e. The van der Waals surface area contributed by atoms with E-state index in [0.717, 1.165) is 4.47 Å². The molecule has 0 aliphatic heterocycles. The molecule has 20 heavy (non-hydrogen) atoms. The highest BCUT2D eigenvalue weighted by Gasteiger charge is 2.11. The van der Waals surface area contributed by atoms with Crippen molar-refractivity contribution in [2.75, 3.05) is 5.32 Å². The van der Waals surface area contributed by atoms with Gasteiger partial charge in [0.25, 0.3) is 5.91 Å².